The number of sulfone groups is 1. The molecule has 1 N–H and O–H groups in total. The molecule has 0 unspecified atom stereocenters. The Morgan fingerprint density at radius 3 is 1.93 bits per heavy atom. The Kier molecular flexibility index (Phi) is 3.29. The maximum absolute atomic E-state index is 11.2. The van der Waals surface area contributed by atoms with Crippen LogP contribution in [-0.4, -0.2) is 21.7 Å². The van der Waals surface area contributed by atoms with Crippen LogP contribution >= 0.6 is 23.2 Å². The van der Waals surface area contributed by atoms with Gasteiger partial charge >= 0.3 is 0 Å². The van der Waals surface area contributed by atoms with Gasteiger partial charge in [-0.15, -0.1) is 0 Å². The van der Waals surface area contributed by atoms with Gasteiger partial charge in [0.25, 0.3) is 0 Å². The van der Waals surface area contributed by atoms with E-state index >= 15 is 0 Å². The van der Waals surface area contributed by atoms with E-state index in [1.54, 1.807) is 7.05 Å². The summed E-state index contributed by atoms with van der Waals surface area (Å²) in [6.45, 7) is 0. The number of hydrogen-bond acceptors (Lipinski definition) is 3. The number of rotatable bonds is 2. The summed E-state index contributed by atoms with van der Waals surface area (Å²) >= 11 is 11.7. The van der Waals surface area contributed by atoms with E-state index in [1.165, 1.54) is 12.1 Å². The molecule has 1 aromatic rings. The van der Waals surface area contributed by atoms with Gasteiger partial charge in [0, 0.05) is 13.3 Å². The highest BCUT2D eigenvalue weighted by molar-refractivity contribution is 7.90. The lowest BCUT2D eigenvalue weighted by atomic mass is 10.3. The molecule has 1 aromatic carbocycles. The van der Waals surface area contributed by atoms with Crippen LogP contribution in [0.2, 0.25) is 10.0 Å². The lowest BCUT2D eigenvalue weighted by Crippen LogP contribution is -1.99. The normalized spacial score (nSPS) is 11.4. The van der Waals surface area contributed by atoms with Crippen LogP contribution in [0, 0.1) is 0 Å². The highest BCUT2D eigenvalue weighted by Gasteiger charge is 2.13. The van der Waals surface area contributed by atoms with Crippen molar-refractivity contribution >= 4 is 38.7 Å². The number of benzene rings is 1. The van der Waals surface area contributed by atoms with Crippen LogP contribution in [0.5, 0.6) is 0 Å². The zero-order valence-corrected chi connectivity index (χ0v) is 9.96. The molecular weight excluding hydrogens is 245 g/mol. The number of anilines is 1. The largest absolute Gasteiger partial charge is 0.386 e. The third kappa shape index (κ3) is 2.32. The zero-order chi connectivity index (χ0) is 10.9. The first kappa shape index (κ1) is 11.6. The third-order valence-electron chi connectivity index (χ3n) is 1.69. The zero-order valence-electron chi connectivity index (χ0n) is 7.64. The molecule has 0 aliphatic carbocycles. The number of hydrogen-bond donors (Lipinski definition) is 1. The van der Waals surface area contributed by atoms with Crippen LogP contribution in [0.15, 0.2) is 17.0 Å². The quantitative estimate of drug-likeness (QED) is 0.881. The van der Waals surface area contributed by atoms with E-state index in [0.29, 0.717) is 15.7 Å². The summed E-state index contributed by atoms with van der Waals surface area (Å²) in [7, 11) is -1.61. The van der Waals surface area contributed by atoms with Gasteiger partial charge in [-0.05, 0) is 12.1 Å². The van der Waals surface area contributed by atoms with Crippen molar-refractivity contribution in [1.82, 2.24) is 0 Å². The summed E-state index contributed by atoms with van der Waals surface area (Å²) < 4.78 is 22.4. The van der Waals surface area contributed by atoms with Gasteiger partial charge < -0.3 is 5.32 Å². The molecule has 0 fully saturated rings. The van der Waals surface area contributed by atoms with Crippen molar-refractivity contribution in [3.63, 3.8) is 0 Å². The summed E-state index contributed by atoms with van der Waals surface area (Å²) in [5.74, 6) is 0. The van der Waals surface area contributed by atoms with Crippen molar-refractivity contribution in [1.29, 1.82) is 0 Å². The second-order valence-corrected chi connectivity index (χ2v) is 5.61. The Hall–Kier alpha value is -0.450. The molecule has 0 aliphatic heterocycles. The fraction of sp³-hybridized carbons (Fsp3) is 0.250. The van der Waals surface area contributed by atoms with Crippen LogP contribution in [0.4, 0.5) is 5.69 Å². The molecule has 14 heavy (non-hydrogen) atoms. The smallest absolute Gasteiger partial charge is 0.175 e. The molecule has 0 aromatic heterocycles. The van der Waals surface area contributed by atoms with Crippen LogP contribution in [0.1, 0.15) is 0 Å². The van der Waals surface area contributed by atoms with E-state index in [9.17, 15) is 8.42 Å². The topological polar surface area (TPSA) is 46.2 Å². The first-order chi connectivity index (χ1) is 6.36. The molecule has 0 radical (unpaired) electrons. The Bertz CT molecular complexity index is 433. The molecule has 0 saturated carbocycles. The molecule has 6 heteroatoms. The lowest BCUT2D eigenvalue weighted by Gasteiger charge is -2.07. The van der Waals surface area contributed by atoms with Crippen molar-refractivity contribution in [2.75, 3.05) is 18.6 Å². The molecule has 0 atom stereocenters. The SMILES string of the molecule is CNc1c(Cl)cc(S(C)(=O)=O)cc1Cl. The van der Waals surface area contributed by atoms with E-state index in [4.69, 9.17) is 23.2 Å². The minimum Gasteiger partial charge on any atom is -0.386 e. The predicted octanol–water partition coefficient (Wildman–Crippen LogP) is 2.44. The standard InChI is InChI=1S/C8H9Cl2NO2S/c1-11-8-6(9)3-5(4-7(8)10)14(2,12)13/h3-4,11H,1-2H3. The van der Waals surface area contributed by atoms with Crippen molar-refractivity contribution in [3.8, 4) is 0 Å². The third-order valence-corrected chi connectivity index (χ3v) is 3.38. The van der Waals surface area contributed by atoms with E-state index in [-0.39, 0.29) is 4.90 Å². The van der Waals surface area contributed by atoms with E-state index in [0.717, 1.165) is 6.26 Å². The molecule has 78 valence electrons. The minimum absolute atomic E-state index is 0.117. The molecule has 0 saturated heterocycles. The van der Waals surface area contributed by atoms with Crippen LogP contribution in [0.3, 0.4) is 0 Å². The first-order valence-electron chi connectivity index (χ1n) is 3.73. The maximum atomic E-state index is 11.2. The van der Waals surface area contributed by atoms with Gasteiger partial charge in [-0.3, -0.25) is 0 Å². The van der Waals surface area contributed by atoms with Gasteiger partial charge in [0.1, 0.15) is 0 Å². The van der Waals surface area contributed by atoms with Crippen molar-refractivity contribution in [3.05, 3.63) is 22.2 Å². The molecule has 0 amide bonds. The summed E-state index contributed by atoms with van der Waals surface area (Å²) in [5, 5.41) is 3.37. The van der Waals surface area contributed by atoms with Crippen molar-refractivity contribution in [2.24, 2.45) is 0 Å². The molecule has 3 nitrogen and oxygen atoms in total. The summed E-state index contributed by atoms with van der Waals surface area (Å²) in [4.78, 5) is 0.117. The number of nitrogens with one attached hydrogen (secondary N) is 1. The molecule has 0 spiro atoms. The van der Waals surface area contributed by atoms with Crippen LogP contribution in [0.25, 0.3) is 0 Å². The first-order valence-corrected chi connectivity index (χ1v) is 6.38. The molecule has 0 bridgehead atoms. The van der Waals surface area contributed by atoms with E-state index < -0.39 is 9.84 Å². The predicted molar refractivity (Wildman–Crippen MR) is 59.1 cm³/mol. The monoisotopic (exact) mass is 253 g/mol. The highest BCUT2D eigenvalue weighted by Crippen LogP contribution is 2.32. The molecule has 0 aliphatic rings. The van der Waals surface area contributed by atoms with Crippen LogP contribution in [-0.2, 0) is 9.84 Å². The van der Waals surface area contributed by atoms with Gasteiger partial charge in [-0.25, -0.2) is 8.42 Å². The Balaban J connectivity index is 3.43. The minimum atomic E-state index is -3.27. The average Bonchev–Trinajstić information content (AvgIpc) is 2.01. The van der Waals surface area contributed by atoms with Gasteiger partial charge in [-0.1, -0.05) is 23.2 Å². The molecular formula is C8H9Cl2NO2S. The Morgan fingerprint density at radius 1 is 1.21 bits per heavy atom. The summed E-state index contributed by atoms with van der Waals surface area (Å²) in [6.07, 6.45) is 1.11. The van der Waals surface area contributed by atoms with Gasteiger partial charge in [-0.2, -0.15) is 0 Å². The number of halogens is 2. The molecule has 1 rings (SSSR count). The fourth-order valence-corrected chi connectivity index (χ4v) is 2.47. The van der Waals surface area contributed by atoms with Gasteiger partial charge in [0.2, 0.25) is 0 Å². The summed E-state index contributed by atoms with van der Waals surface area (Å²) in [6, 6.07) is 2.74. The van der Waals surface area contributed by atoms with Crippen LogP contribution < -0.4 is 5.32 Å². The highest BCUT2D eigenvalue weighted by atomic mass is 35.5. The van der Waals surface area contributed by atoms with E-state index in [1.807, 2.05) is 0 Å². The fourth-order valence-electron chi connectivity index (χ4n) is 1.00. The van der Waals surface area contributed by atoms with Gasteiger partial charge in [0.05, 0.1) is 20.6 Å². The van der Waals surface area contributed by atoms with Crippen molar-refractivity contribution in [2.45, 2.75) is 4.90 Å². The van der Waals surface area contributed by atoms with E-state index in [2.05, 4.69) is 5.32 Å². The second-order valence-electron chi connectivity index (χ2n) is 2.78. The summed E-state index contributed by atoms with van der Waals surface area (Å²) in [5.41, 5.74) is 0.528. The second kappa shape index (κ2) is 3.96. The van der Waals surface area contributed by atoms with Crippen molar-refractivity contribution < 1.29 is 8.42 Å². The maximum Gasteiger partial charge on any atom is 0.175 e. The average molecular weight is 254 g/mol. The Labute approximate surface area is 92.9 Å². The van der Waals surface area contributed by atoms with Gasteiger partial charge in [0.15, 0.2) is 9.84 Å². The lowest BCUT2D eigenvalue weighted by molar-refractivity contribution is 0.602. The Morgan fingerprint density at radius 2 is 1.64 bits per heavy atom. The molecule has 0 heterocycles.